The summed E-state index contributed by atoms with van der Waals surface area (Å²) in [7, 11) is 1.80. The van der Waals surface area contributed by atoms with E-state index < -0.39 is 0 Å². The average molecular weight is 425 g/mol. The molecule has 0 aliphatic rings. The maximum atomic E-state index is 5.74. The van der Waals surface area contributed by atoms with Crippen LogP contribution in [0.3, 0.4) is 0 Å². The molecule has 21 heavy (non-hydrogen) atoms. The van der Waals surface area contributed by atoms with Crippen LogP contribution in [0.5, 0.6) is 0 Å². The summed E-state index contributed by atoms with van der Waals surface area (Å²) in [5.74, 6) is 1.38. The van der Waals surface area contributed by atoms with Crippen molar-refractivity contribution in [2.45, 2.75) is 39.8 Å². The van der Waals surface area contributed by atoms with Crippen LogP contribution in [0.25, 0.3) is 0 Å². The number of halogens is 1. The van der Waals surface area contributed by atoms with Crippen LogP contribution < -0.4 is 10.6 Å². The first kappa shape index (κ1) is 20.7. The van der Waals surface area contributed by atoms with Gasteiger partial charge in [0.05, 0.1) is 6.10 Å². The topological polar surface area (TPSA) is 45.6 Å². The highest BCUT2D eigenvalue weighted by atomic mass is 127. The second-order valence-corrected chi connectivity index (χ2v) is 5.79. The van der Waals surface area contributed by atoms with Crippen LogP contribution in [0.4, 0.5) is 0 Å². The predicted octanol–water partition coefficient (Wildman–Crippen LogP) is 3.48. The summed E-state index contributed by atoms with van der Waals surface area (Å²) in [6.45, 7) is 8.89. The Morgan fingerprint density at radius 3 is 2.67 bits per heavy atom. The summed E-state index contributed by atoms with van der Waals surface area (Å²) >= 11 is 1.71. The third-order valence-electron chi connectivity index (χ3n) is 3.11. The molecule has 1 rings (SSSR count). The Bertz CT molecular complexity index is 382. The molecular formula is C15H28IN3OS. The number of nitrogens with zero attached hydrogens (tertiary/aromatic N) is 1. The van der Waals surface area contributed by atoms with Crippen LogP contribution in [0.1, 0.15) is 32.8 Å². The van der Waals surface area contributed by atoms with Crippen molar-refractivity contribution < 1.29 is 4.74 Å². The molecule has 1 atom stereocenters. The van der Waals surface area contributed by atoms with Gasteiger partial charge in [-0.3, -0.25) is 4.99 Å². The van der Waals surface area contributed by atoms with Gasteiger partial charge in [-0.05, 0) is 41.7 Å². The molecule has 0 amide bonds. The van der Waals surface area contributed by atoms with E-state index in [-0.39, 0.29) is 24.0 Å². The van der Waals surface area contributed by atoms with E-state index in [1.54, 1.807) is 18.4 Å². The quantitative estimate of drug-likeness (QED) is 0.381. The zero-order chi connectivity index (χ0) is 14.8. The zero-order valence-electron chi connectivity index (χ0n) is 13.4. The van der Waals surface area contributed by atoms with Crippen LogP contribution in [-0.2, 0) is 11.3 Å². The van der Waals surface area contributed by atoms with Gasteiger partial charge in [0.25, 0.3) is 0 Å². The lowest BCUT2D eigenvalue weighted by atomic mass is 10.0. The van der Waals surface area contributed by atoms with Crippen LogP contribution in [-0.4, -0.2) is 32.3 Å². The second kappa shape index (κ2) is 12.2. The Hall–Kier alpha value is -0.340. The molecule has 0 saturated carbocycles. The third-order valence-corrected chi connectivity index (χ3v) is 3.84. The molecule has 0 aliphatic heterocycles. The molecule has 1 aromatic heterocycles. The van der Waals surface area contributed by atoms with Crippen molar-refractivity contribution in [1.29, 1.82) is 0 Å². The minimum absolute atomic E-state index is 0. The van der Waals surface area contributed by atoms with Gasteiger partial charge < -0.3 is 15.4 Å². The van der Waals surface area contributed by atoms with Crippen LogP contribution in [0, 0.1) is 5.92 Å². The van der Waals surface area contributed by atoms with Crippen molar-refractivity contribution in [1.82, 2.24) is 10.6 Å². The SMILES string of the molecule is CCOC(CCNC(=NC)NCc1ccsc1)C(C)C.I. The van der Waals surface area contributed by atoms with Crippen molar-refractivity contribution in [2.75, 3.05) is 20.2 Å². The Kier molecular flexibility index (Phi) is 12.0. The molecule has 2 N–H and O–H groups in total. The van der Waals surface area contributed by atoms with Crippen molar-refractivity contribution in [3.63, 3.8) is 0 Å². The van der Waals surface area contributed by atoms with Crippen molar-refractivity contribution in [2.24, 2.45) is 10.9 Å². The summed E-state index contributed by atoms with van der Waals surface area (Å²) in [5, 5.41) is 10.9. The van der Waals surface area contributed by atoms with E-state index in [1.807, 2.05) is 6.92 Å². The maximum absolute atomic E-state index is 5.74. The first-order chi connectivity index (χ1) is 9.67. The van der Waals surface area contributed by atoms with Gasteiger partial charge in [0, 0.05) is 26.7 Å². The Balaban J connectivity index is 0.00000400. The Morgan fingerprint density at radius 2 is 2.14 bits per heavy atom. The smallest absolute Gasteiger partial charge is 0.191 e. The molecule has 4 nitrogen and oxygen atoms in total. The van der Waals surface area contributed by atoms with Crippen molar-refractivity contribution in [3.05, 3.63) is 22.4 Å². The van der Waals surface area contributed by atoms with Crippen LogP contribution >= 0.6 is 35.3 Å². The Labute approximate surface area is 149 Å². The van der Waals surface area contributed by atoms with Gasteiger partial charge in [-0.1, -0.05) is 13.8 Å². The van der Waals surface area contributed by atoms with Crippen molar-refractivity contribution >= 4 is 41.3 Å². The normalized spacial score (nSPS) is 12.9. The summed E-state index contributed by atoms with van der Waals surface area (Å²) in [4.78, 5) is 4.23. The highest BCUT2D eigenvalue weighted by Crippen LogP contribution is 2.10. The summed E-state index contributed by atoms with van der Waals surface area (Å²) in [6.07, 6.45) is 1.30. The van der Waals surface area contributed by atoms with Gasteiger partial charge in [-0.2, -0.15) is 11.3 Å². The molecule has 0 aliphatic carbocycles. The standard InChI is InChI=1S/C15H27N3OS.HI/c1-5-19-14(12(2)3)6-8-17-15(16-4)18-10-13-7-9-20-11-13;/h7,9,11-12,14H,5-6,8,10H2,1-4H3,(H2,16,17,18);1H. The molecule has 0 spiro atoms. The van der Waals surface area contributed by atoms with Crippen LogP contribution in [0.15, 0.2) is 21.8 Å². The van der Waals surface area contributed by atoms with Gasteiger partial charge in [0.15, 0.2) is 5.96 Å². The summed E-state index contributed by atoms with van der Waals surface area (Å²) in [6, 6.07) is 2.12. The molecule has 122 valence electrons. The molecule has 1 unspecified atom stereocenters. The molecule has 0 saturated heterocycles. The molecular weight excluding hydrogens is 397 g/mol. The molecule has 0 radical (unpaired) electrons. The van der Waals surface area contributed by atoms with E-state index in [0.29, 0.717) is 12.0 Å². The first-order valence-electron chi connectivity index (χ1n) is 7.24. The number of hydrogen-bond acceptors (Lipinski definition) is 3. The molecule has 0 aromatic carbocycles. The fourth-order valence-electron chi connectivity index (χ4n) is 1.96. The predicted molar refractivity (Wildman–Crippen MR) is 103 cm³/mol. The monoisotopic (exact) mass is 425 g/mol. The zero-order valence-corrected chi connectivity index (χ0v) is 16.5. The van der Waals surface area contributed by atoms with Gasteiger partial charge in [0.1, 0.15) is 0 Å². The first-order valence-corrected chi connectivity index (χ1v) is 8.18. The van der Waals surface area contributed by atoms with E-state index in [2.05, 4.69) is 46.3 Å². The second-order valence-electron chi connectivity index (χ2n) is 5.01. The lowest BCUT2D eigenvalue weighted by Gasteiger charge is -2.21. The highest BCUT2D eigenvalue weighted by molar-refractivity contribution is 14.0. The highest BCUT2D eigenvalue weighted by Gasteiger charge is 2.12. The van der Waals surface area contributed by atoms with Gasteiger partial charge in [-0.25, -0.2) is 0 Å². The molecule has 1 heterocycles. The van der Waals surface area contributed by atoms with Gasteiger partial charge >= 0.3 is 0 Å². The molecule has 6 heteroatoms. The summed E-state index contributed by atoms with van der Waals surface area (Å²) < 4.78 is 5.74. The van der Waals surface area contributed by atoms with E-state index in [0.717, 1.165) is 32.1 Å². The number of guanidine groups is 1. The van der Waals surface area contributed by atoms with Crippen molar-refractivity contribution in [3.8, 4) is 0 Å². The number of thiophene rings is 1. The fourth-order valence-corrected chi connectivity index (χ4v) is 2.62. The largest absolute Gasteiger partial charge is 0.378 e. The summed E-state index contributed by atoms with van der Waals surface area (Å²) in [5.41, 5.74) is 1.28. The van der Waals surface area contributed by atoms with E-state index in [1.165, 1.54) is 5.56 Å². The van der Waals surface area contributed by atoms with E-state index >= 15 is 0 Å². The van der Waals surface area contributed by atoms with Gasteiger partial charge in [0.2, 0.25) is 0 Å². The third kappa shape index (κ3) is 8.63. The van der Waals surface area contributed by atoms with E-state index in [9.17, 15) is 0 Å². The maximum Gasteiger partial charge on any atom is 0.191 e. The minimum Gasteiger partial charge on any atom is -0.378 e. The average Bonchev–Trinajstić information content (AvgIpc) is 2.94. The minimum atomic E-state index is 0. The lowest BCUT2D eigenvalue weighted by molar-refractivity contribution is 0.0258. The number of aliphatic imine (C=N–C) groups is 1. The van der Waals surface area contributed by atoms with Crippen LogP contribution in [0.2, 0.25) is 0 Å². The number of hydrogen-bond donors (Lipinski definition) is 2. The van der Waals surface area contributed by atoms with Gasteiger partial charge in [-0.15, -0.1) is 24.0 Å². The molecule has 0 bridgehead atoms. The number of ether oxygens (including phenoxy) is 1. The molecule has 0 fully saturated rings. The fraction of sp³-hybridized carbons (Fsp3) is 0.667. The molecule has 1 aromatic rings. The lowest BCUT2D eigenvalue weighted by Crippen LogP contribution is -2.38. The Morgan fingerprint density at radius 1 is 1.38 bits per heavy atom. The number of nitrogens with one attached hydrogen (secondary N) is 2. The number of rotatable bonds is 8. The van der Waals surface area contributed by atoms with E-state index in [4.69, 9.17) is 4.74 Å².